The van der Waals surface area contributed by atoms with Crippen LogP contribution in [0.3, 0.4) is 0 Å². The Labute approximate surface area is 160 Å². The number of unbranched alkanes of at least 4 members (excludes halogenated alkanes) is 4. The van der Waals surface area contributed by atoms with Crippen molar-refractivity contribution in [1.82, 2.24) is 0 Å². The number of rotatable bonds is 13. The first-order valence-corrected chi connectivity index (χ1v) is 11.7. The van der Waals surface area contributed by atoms with E-state index in [1.54, 1.807) is 6.92 Å². The largest absolute Gasteiger partial charge is 0.353 e. The molecule has 0 aromatic heterocycles. The van der Waals surface area contributed by atoms with E-state index >= 15 is 0 Å². The van der Waals surface area contributed by atoms with Crippen molar-refractivity contribution < 1.29 is 13.0 Å². The third-order valence-corrected chi connectivity index (χ3v) is 6.16. The van der Waals surface area contributed by atoms with Gasteiger partial charge in [-0.2, -0.15) is 8.42 Å². The lowest BCUT2D eigenvalue weighted by Gasteiger charge is -2.30. The Kier molecular flexibility index (Phi) is 10.3. The zero-order valence-corrected chi connectivity index (χ0v) is 17.8. The van der Waals surface area contributed by atoms with Crippen LogP contribution < -0.4 is 4.90 Å². The summed E-state index contributed by atoms with van der Waals surface area (Å²) >= 11 is 0. The summed E-state index contributed by atoms with van der Waals surface area (Å²) in [7, 11) is -4.12. The normalized spacial score (nSPS) is 13.0. The Morgan fingerprint density at radius 2 is 1.38 bits per heavy atom. The monoisotopic (exact) mass is 383 g/mol. The zero-order chi connectivity index (χ0) is 19.6. The summed E-state index contributed by atoms with van der Waals surface area (Å²) in [5, 5.41) is -0.887. The highest BCUT2D eigenvalue weighted by Gasteiger charge is 2.28. The van der Waals surface area contributed by atoms with Gasteiger partial charge in [-0.05, 0) is 62.3 Å². The lowest BCUT2D eigenvalue weighted by molar-refractivity contribution is 0.460. The summed E-state index contributed by atoms with van der Waals surface area (Å²) in [6.45, 7) is 8.68. The lowest BCUT2D eigenvalue weighted by Crippen LogP contribution is -2.40. The number of hydrogen-bond donors (Lipinski definition) is 1. The van der Waals surface area contributed by atoms with Crippen LogP contribution in [0.15, 0.2) is 18.2 Å². The van der Waals surface area contributed by atoms with Crippen LogP contribution >= 0.6 is 0 Å². The summed E-state index contributed by atoms with van der Waals surface area (Å²) < 4.78 is 33.3. The molecule has 0 fully saturated rings. The van der Waals surface area contributed by atoms with Gasteiger partial charge in [0.2, 0.25) is 0 Å². The molecule has 0 aliphatic carbocycles. The van der Waals surface area contributed by atoms with Crippen molar-refractivity contribution in [2.24, 2.45) is 0 Å². The smallest absolute Gasteiger partial charge is 0.286 e. The van der Waals surface area contributed by atoms with E-state index < -0.39 is 15.5 Å². The number of hydrogen-bond acceptors (Lipinski definition) is 3. The fraction of sp³-hybridized carbons (Fsp3) is 0.714. The average Bonchev–Trinajstić information content (AvgIpc) is 2.58. The SMILES string of the molecule is CCCCCc1cc(CCCCC)cc(N(CC)C(CC)S(=O)(=O)O)c1. The Morgan fingerprint density at radius 3 is 1.73 bits per heavy atom. The van der Waals surface area contributed by atoms with Crippen molar-refractivity contribution in [3.8, 4) is 0 Å². The van der Waals surface area contributed by atoms with Crippen LogP contribution in [0.5, 0.6) is 0 Å². The van der Waals surface area contributed by atoms with Crippen LogP contribution in [-0.4, -0.2) is 24.9 Å². The Hall–Kier alpha value is -1.07. The van der Waals surface area contributed by atoms with Gasteiger partial charge in [-0.1, -0.05) is 52.5 Å². The van der Waals surface area contributed by atoms with E-state index in [2.05, 4.69) is 32.0 Å². The predicted octanol–water partition coefficient (Wildman–Crippen LogP) is 5.60. The topological polar surface area (TPSA) is 57.6 Å². The van der Waals surface area contributed by atoms with E-state index in [1.165, 1.54) is 36.8 Å². The minimum Gasteiger partial charge on any atom is -0.353 e. The fourth-order valence-electron chi connectivity index (χ4n) is 3.50. The van der Waals surface area contributed by atoms with Crippen molar-refractivity contribution in [3.63, 3.8) is 0 Å². The Balaban J connectivity index is 3.18. The number of nitrogens with zero attached hydrogens (tertiary/aromatic N) is 1. The van der Waals surface area contributed by atoms with Gasteiger partial charge < -0.3 is 4.90 Å². The highest BCUT2D eigenvalue weighted by Crippen LogP contribution is 2.26. The van der Waals surface area contributed by atoms with Crippen LogP contribution in [-0.2, 0) is 23.0 Å². The van der Waals surface area contributed by atoms with E-state index in [9.17, 15) is 13.0 Å². The molecule has 0 bridgehead atoms. The second-order valence-electron chi connectivity index (χ2n) is 7.09. The summed E-state index contributed by atoms with van der Waals surface area (Å²) in [6, 6.07) is 6.49. The molecule has 0 radical (unpaired) electrons. The van der Waals surface area contributed by atoms with E-state index in [0.29, 0.717) is 13.0 Å². The molecule has 0 heterocycles. The quantitative estimate of drug-likeness (QED) is 0.356. The van der Waals surface area contributed by atoms with E-state index in [0.717, 1.165) is 31.4 Å². The number of anilines is 1. The fourth-order valence-corrected chi connectivity index (χ4v) is 4.51. The van der Waals surface area contributed by atoms with Gasteiger partial charge in [0, 0.05) is 12.2 Å². The highest BCUT2D eigenvalue weighted by molar-refractivity contribution is 7.86. The molecule has 1 aromatic rings. The molecular formula is C21H37NO3S. The predicted molar refractivity (Wildman–Crippen MR) is 112 cm³/mol. The molecule has 1 unspecified atom stereocenters. The Bertz CT molecular complexity index is 600. The Morgan fingerprint density at radius 1 is 0.885 bits per heavy atom. The summed E-state index contributed by atoms with van der Waals surface area (Å²) in [5.74, 6) is 0. The molecule has 1 atom stereocenters. The van der Waals surface area contributed by atoms with E-state index in [4.69, 9.17) is 0 Å². The lowest BCUT2D eigenvalue weighted by atomic mass is 9.99. The van der Waals surface area contributed by atoms with Gasteiger partial charge in [-0.15, -0.1) is 0 Å². The molecule has 1 aromatic carbocycles. The molecule has 26 heavy (non-hydrogen) atoms. The van der Waals surface area contributed by atoms with Gasteiger partial charge in [0.25, 0.3) is 10.1 Å². The van der Waals surface area contributed by atoms with E-state index in [-0.39, 0.29) is 0 Å². The van der Waals surface area contributed by atoms with Gasteiger partial charge in [0.1, 0.15) is 0 Å². The molecule has 1 N–H and O–H groups in total. The van der Waals surface area contributed by atoms with Gasteiger partial charge in [0.15, 0.2) is 5.37 Å². The van der Waals surface area contributed by atoms with Crippen molar-refractivity contribution in [2.45, 2.75) is 90.9 Å². The molecule has 1 rings (SSSR count). The molecule has 150 valence electrons. The molecule has 0 saturated heterocycles. The molecule has 0 aliphatic heterocycles. The van der Waals surface area contributed by atoms with Crippen LogP contribution in [0, 0.1) is 0 Å². The first kappa shape index (κ1) is 23.0. The van der Waals surface area contributed by atoms with E-state index in [1.807, 2.05) is 11.8 Å². The number of aryl methyl sites for hydroxylation is 2. The third-order valence-electron chi connectivity index (χ3n) is 4.89. The van der Waals surface area contributed by atoms with Gasteiger partial charge >= 0.3 is 0 Å². The molecule has 0 saturated carbocycles. The molecule has 4 nitrogen and oxygen atoms in total. The van der Waals surface area contributed by atoms with Crippen LogP contribution in [0.1, 0.15) is 83.8 Å². The molecule has 0 spiro atoms. The minimum atomic E-state index is -4.12. The van der Waals surface area contributed by atoms with Gasteiger partial charge in [0.05, 0.1) is 0 Å². The summed E-state index contributed by atoms with van der Waals surface area (Å²) in [4.78, 5) is 1.82. The van der Waals surface area contributed by atoms with Crippen molar-refractivity contribution in [3.05, 3.63) is 29.3 Å². The maximum atomic E-state index is 11.8. The third kappa shape index (κ3) is 7.28. The zero-order valence-electron chi connectivity index (χ0n) is 17.0. The molecular weight excluding hydrogens is 346 g/mol. The highest BCUT2D eigenvalue weighted by atomic mass is 32.2. The standard InChI is InChI=1S/C21H37NO3S/c1-5-9-11-13-18-15-19(14-12-10-6-2)17-20(16-18)22(8-4)21(7-3)26(23,24)25/h15-17,21H,5-14H2,1-4H3,(H,23,24,25). The maximum absolute atomic E-state index is 11.8. The molecule has 0 amide bonds. The van der Waals surface area contributed by atoms with Crippen LogP contribution in [0.4, 0.5) is 5.69 Å². The van der Waals surface area contributed by atoms with Gasteiger partial charge in [-0.3, -0.25) is 4.55 Å². The second-order valence-corrected chi connectivity index (χ2v) is 8.66. The maximum Gasteiger partial charge on any atom is 0.286 e. The van der Waals surface area contributed by atoms with Crippen molar-refractivity contribution >= 4 is 15.8 Å². The first-order chi connectivity index (χ1) is 12.4. The van der Waals surface area contributed by atoms with Crippen LogP contribution in [0.2, 0.25) is 0 Å². The van der Waals surface area contributed by atoms with Gasteiger partial charge in [-0.25, -0.2) is 0 Å². The van der Waals surface area contributed by atoms with Crippen molar-refractivity contribution in [1.29, 1.82) is 0 Å². The van der Waals surface area contributed by atoms with Crippen LogP contribution in [0.25, 0.3) is 0 Å². The summed E-state index contributed by atoms with van der Waals surface area (Å²) in [6.07, 6.45) is 9.47. The first-order valence-electron chi connectivity index (χ1n) is 10.2. The molecule has 0 aliphatic rings. The minimum absolute atomic E-state index is 0.359. The van der Waals surface area contributed by atoms with Crippen molar-refractivity contribution in [2.75, 3.05) is 11.4 Å². The molecule has 5 heteroatoms. The second kappa shape index (κ2) is 11.6. The number of benzene rings is 1. The average molecular weight is 384 g/mol. The summed E-state index contributed by atoms with van der Waals surface area (Å²) in [5.41, 5.74) is 3.45.